The van der Waals surface area contributed by atoms with Gasteiger partial charge in [-0.25, -0.2) is 0 Å². The molecule has 8 heteroatoms. The summed E-state index contributed by atoms with van der Waals surface area (Å²) in [6, 6.07) is 22.9. The lowest BCUT2D eigenvalue weighted by atomic mass is 9.80. The SMILES string of the molecule is COC(=O)[C@H]1C[C@@H](O)CN1CCOC(c1ccc(OC)cc1)(c1ccc(OC)cc1)c1ccc(OC)cc1. The molecular weight excluding hydrogens is 486 g/mol. The quantitative estimate of drug-likeness (QED) is 0.303. The Kier molecular flexibility index (Phi) is 8.89. The van der Waals surface area contributed by atoms with Gasteiger partial charge in [-0.3, -0.25) is 9.69 Å². The number of rotatable bonds is 11. The fourth-order valence-electron chi connectivity index (χ4n) is 5.05. The minimum Gasteiger partial charge on any atom is -0.497 e. The standard InChI is InChI=1S/C30H35NO7/c1-34-25-11-5-21(6-12-25)30(22-7-13-26(35-2)14-8-22,23-9-15-27(36-3)16-10-23)38-18-17-31-20-24(32)19-28(31)29(33)37-4/h5-16,24,28,32H,17-20H2,1-4H3/t24-,28-/m1/s1. The summed E-state index contributed by atoms with van der Waals surface area (Å²) in [6.45, 7) is 1.09. The summed E-state index contributed by atoms with van der Waals surface area (Å²) in [5.41, 5.74) is 1.71. The molecule has 2 atom stereocenters. The van der Waals surface area contributed by atoms with Crippen molar-refractivity contribution in [2.75, 3.05) is 48.1 Å². The van der Waals surface area contributed by atoms with Crippen molar-refractivity contribution in [3.05, 3.63) is 89.5 Å². The molecule has 1 aliphatic heterocycles. The summed E-state index contributed by atoms with van der Waals surface area (Å²) in [5.74, 6) is 1.85. The Morgan fingerprint density at radius 2 is 1.21 bits per heavy atom. The van der Waals surface area contributed by atoms with E-state index in [1.54, 1.807) is 21.3 Å². The molecule has 38 heavy (non-hydrogen) atoms. The van der Waals surface area contributed by atoms with Gasteiger partial charge in [0.2, 0.25) is 0 Å². The summed E-state index contributed by atoms with van der Waals surface area (Å²) in [5, 5.41) is 10.2. The van der Waals surface area contributed by atoms with Crippen LogP contribution in [0.25, 0.3) is 0 Å². The number of methoxy groups -OCH3 is 4. The summed E-state index contributed by atoms with van der Waals surface area (Å²) in [7, 11) is 6.26. The van der Waals surface area contributed by atoms with Crippen molar-refractivity contribution >= 4 is 5.97 Å². The average Bonchev–Trinajstić information content (AvgIpc) is 3.35. The number of ether oxygens (including phenoxy) is 5. The molecule has 0 spiro atoms. The second kappa shape index (κ2) is 12.3. The van der Waals surface area contributed by atoms with Crippen LogP contribution in [0, 0.1) is 0 Å². The highest BCUT2D eigenvalue weighted by Gasteiger charge is 2.40. The van der Waals surface area contributed by atoms with Crippen molar-refractivity contribution in [2.45, 2.75) is 24.2 Å². The molecule has 0 aromatic heterocycles. The number of likely N-dealkylation sites (tertiary alicyclic amines) is 1. The van der Waals surface area contributed by atoms with Crippen LogP contribution in [0.5, 0.6) is 17.2 Å². The first kappa shape index (κ1) is 27.4. The zero-order valence-electron chi connectivity index (χ0n) is 22.3. The number of carbonyl (C=O) groups is 1. The minimum atomic E-state index is -0.996. The number of aliphatic hydroxyl groups is 1. The molecule has 0 radical (unpaired) electrons. The lowest BCUT2D eigenvalue weighted by Gasteiger charge is -2.37. The van der Waals surface area contributed by atoms with E-state index in [4.69, 9.17) is 23.7 Å². The molecule has 1 aliphatic rings. The third-order valence-corrected chi connectivity index (χ3v) is 7.04. The average molecular weight is 522 g/mol. The van der Waals surface area contributed by atoms with Crippen molar-refractivity contribution < 1.29 is 33.6 Å². The van der Waals surface area contributed by atoms with Gasteiger partial charge in [0, 0.05) is 19.5 Å². The Bertz CT molecular complexity index is 1060. The van der Waals surface area contributed by atoms with Gasteiger partial charge in [-0.15, -0.1) is 0 Å². The Morgan fingerprint density at radius 1 is 0.789 bits per heavy atom. The van der Waals surface area contributed by atoms with Gasteiger partial charge in [0.1, 0.15) is 28.9 Å². The minimum absolute atomic E-state index is 0.282. The van der Waals surface area contributed by atoms with Crippen molar-refractivity contribution in [1.82, 2.24) is 4.90 Å². The van der Waals surface area contributed by atoms with Gasteiger partial charge in [-0.1, -0.05) is 36.4 Å². The number of β-amino-alcohol motifs (C(OH)–C–C–N with tert-alkyl or cyclic N) is 1. The Hall–Kier alpha value is -3.59. The molecule has 0 unspecified atom stereocenters. The smallest absolute Gasteiger partial charge is 0.323 e. The summed E-state index contributed by atoms with van der Waals surface area (Å²) in [4.78, 5) is 14.2. The van der Waals surface area contributed by atoms with E-state index in [0.717, 1.165) is 33.9 Å². The molecule has 4 rings (SSSR count). The maximum Gasteiger partial charge on any atom is 0.323 e. The Balaban J connectivity index is 1.77. The van der Waals surface area contributed by atoms with Crippen molar-refractivity contribution in [2.24, 2.45) is 0 Å². The van der Waals surface area contributed by atoms with Crippen LogP contribution in [0.4, 0.5) is 0 Å². The van der Waals surface area contributed by atoms with Crippen molar-refractivity contribution in [3.63, 3.8) is 0 Å². The van der Waals surface area contributed by atoms with Gasteiger partial charge < -0.3 is 28.8 Å². The normalized spacial score (nSPS) is 17.7. The molecule has 1 heterocycles. The number of aliphatic hydroxyl groups excluding tert-OH is 1. The van der Waals surface area contributed by atoms with E-state index in [9.17, 15) is 9.90 Å². The molecule has 202 valence electrons. The maximum atomic E-state index is 12.3. The number of carbonyl (C=O) groups excluding carboxylic acids is 1. The molecule has 8 nitrogen and oxygen atoms in total. The zero-order valence-corrected chi connectivity index (χ0v) is 22.3. The fraction of sp³-hybridized carbons (Fsp3) is 0.367. The third kappa shape index (κ3) is 5.62. The summed E-state index contributed by atoms with van der Waals surface area (Å²) < 4.78 is 28.1. The largest absolute Gasteiger partial charge is 0.497 e. The topological polar surface area (TPSA) is 86.7 Å². The second-order valence-electron chi connectivity index (χ2n) is 9.14. The lowest BCUT2D eigenvalue weighted by molar-refractivity contribution is -0.146. The van der Waals surface area contributed by atoms with E-state index in [1.165, 1.54) is 7.11 Å². The number of hydrogen-bond acceptors (Lipinski definition) is 8. The molecule has 1 N–H and O–H groups in total. The molecule has 0 amide bonds. The van der Waals surface area contributed by atoms with E-state index in [2.05, 4.69) is 0 Å². The van der Waals surface area contributed by atoms with Gasteiger partial charge in [0.25, 0.3) is 0 Å². The third-order valence-electron chi connectivity index (χ3n) is 7.04. The first-order chi connectivity index (χ1) is 18.4. The molecule has 0 saturated carbocycles. The summed E-state index contributed by atoms with van der Waals surface area (Å²) >= 11 is 0. The van der Waals surface area contributed by atoms with Crippen LogP contribution in [0.2, 0.25) is 0 Å². The molecule has 1 saturated heterocycles. The van der Waals surface area contributed by atoms with E-state index < -0.39 is 17.7 Å². The molecule has 0 aliphatic carbocycles. The van der Waals surface area contributed by atoms with Crippen LogP contribution in [0.3, 0.4) is 0 Å². The van der Waals surface area contributed by atoms with E-state index >= 15 is 0 Å². The van der Waals surface area contributed by atoms with Gasteiger partial charge >= 0.3 is 5.97 Å². The van der Waals surface area contributed by atoms with Gasteiger partial charge in [0.15, 0.2) is 0 Å². The molecule has 0 bridgehead atoms. The molecular formula is C30H35NO7. The highest BCUT2D eigenvalue weighted by molar-refractivity contribution is 5.76. The van der Waals surface area contributed by atoms with E-state index in [-0.39, 0.29) is 12.6 Å². The van der Waals surface area contributed by atoms with Gasteiger partial charge in [-0.05, 0) is 53.1 Å². The predicted octanol–water partition coefficient (Wildman–Crippen LogP) is 3.63. The number of nitrogens with zero attached hydrogens (tertiary/aromatic N) is 1. The zero-order chi connectivity index (χ0) is 27.1. The van der Waals surface area contributed by atoms with E-state index in [1.807, 2.05) is 77.7 Å². The highest BCUT2D eigenvalue weighted by Crippen LogP contribution is 2.42. The lowest BCUT2D eigenvalue weighted by Crippen LogP contribution is -2.41. The number of hydrogen-bond donors (Lipinski definition) is 1. The highest BCUT2D eigenvalue weighted by atomic mass is 16.5. The number of esters is 1. The molecule has 1 fully saturated rings. The van der Waals surface area contributed by atoms with E-state index in [0.29, 0.717) is 19.5 Å². The van der Waals surface area contributed by atoms with Crippen molar-refractivity contribution in [1.29, 1.82) is 0 Å². The van der Waals surface area contributed by atoms with Gasteiger partial charge in [-0.2, -0.15) is 0 Å². The maximum absolute atomic E-state index is 12.3. The second-order valence-corrected chi connectivity index (χ2v) is 9.14. The Morgan fingerprint density at radius 3 is 1.58 bits per heavy atom. The van der Waals surface area contributed by atoms with Crippen molar-refractivity contribution in [3.8, 4) is 17.2 Å². The van der Waals surface area contributed by atoms with Crippen LogP contribution in [0.1, 0.15) is 23.1 Å². The molecule has 3 aromatic carbocycles. The first-order valence-corrected chi connectivity index (χ1v) is 12.5. The van der Waals surface area contributed by atoms with Crippen LogP contribution in [-0.2, 0) is 19.9 Å². The monoisotopic (exact) mass is 521 g/mol. The number of benzene rings is 3. The van der Waals surface area contributed by atoms with Crippen LogP contribution < -0.4 is 14.2 Å². The molecule has 3 aromatic rings. The van der Waals surface area contributed by atoms with Crippen LogP contribution in [-0.4, -0.2) is 76.3 Å². The van der Waals surface area contributed by atoms with Crippen LogP contribution >= 0.6 is 0 Å². The Labute approximate surface area is 223 Å². The van der Waals surface area contributed by atoms with Gasteiger partial charge in [0.05, 0.1) is 41.2 Å². The predicted molar refractivity (Wildman–Crippen MR) is 143 cm³/mol. The summed E-state index contributed by atoms with van der Waals surface area (Å²) in [6.07, 6.45) is -0.249. The van der Waals surface area contributed by atoms with Crippen LogP contribution in [0.15, 0.2) is 72.8 Å². The fourth-order valence-corrected chi connectivity index (χ4v) is 5.05. The first-order valence-electron chi connectivity index (χ1n) is 12.5.